The Kier molecular flexibility index (Phi) is 2.27. The Hall–Kier alpha value is -0.860. The first-order chi connectivity index (χ1) is 5.15. The van der Waals surface area contributed by atoms with Gasteiger partial charge in [0, 0.05) is 0 Å². The molecule has 0 heterocycles. The van der Waals surface area contributed by atoms with Crippen LogP contribution in [0.15, 0.2) is 12.1 Å². The smallest absolute Gasteiger partial charge is 0.0994 e. The summed E-state index contributed by atoms with van der Waals surface area (Å²) in [6.45, 7) is 3.99. The molecule has 0 radical (unpaired) electrons. The second-order valence-electron chi connectivity index (χ2n) is 2.64. The highest BCUT2D eigenvalue weighted by Gasteiger charge is 1.99. The summed E-state index contributed by atoms with van der Waals surface area (Å²) in [5.74, 6) is 0. The highest BCUT2D eigenvalue weighted by molar-refractivity contribution is 7.27. The minimum Gasteiger partial charge on any atom is -0.192 e. The normalized spacial score (nSPS) is 9.27. The molecule has 1 aromatic rings. The van der Waals surface area contributed by atoms with Crippen LogP contribution in [-0.2, 0) is 0 Å². The van der Waals surface area contributed by atoms with Crippen molar-refractivity contribution in [3.63, 3.8) is 0 Å². The van der Waals surface area contributed by atoms with Crippen molar-refractivity contribution >= 4 is 14.5 Å². The molecule has 0 N–H and O–H groups in total. The van der Waals surface area contributed by atoms with Crippen LogP contribution < -0.4 is 5.30 Å². The van der Waals surface area contributed by atoms with E-state index in [2.05, 4.69) is 15.3 Å². The summed E-state index contributed by atoms with van der Waals surface area (Å²) in [6, 6.07) is 6.08. The standard InChI is InChI=1S/C9H10NP/c1-6-3-7(2)9(11)4-8(6)5-10/h3-4H,11H2,1-2H3. The molecule has 0 bridgehead atoms. The minimum absolute atomic E-state index is 0.764. The maximum Gasteiger partial charge on any atom is 0.0994 e. The molecule has 0 amide bonds. The molecular weight excluding hydrogens is 153 g/mol. The van der Waals surface area contributed by atoms with Gasteiger partial charge in [0.2, 0.25) is 0 Å². The predicted molar refractivity (Wildman–Crippen MR) is 50.0 cm³/mol. The second kappa shape index (κ2) is 3.03. The number of benzene rings is 1. The van der Waals surface area contributed by atoms with E-state index in [1.807, 2.05) is 26.0 Å². The topological polar surface area (TPSA) is 23.8 Å². The van der Waals surface area contributed by atoms with Crippen LogP contribution in [0.25, 0.3) is 0 Å². The highest BCUT2D eigenvalue weighted by Crippen LogP contribution is 2.09. The molecule has 0 aliphatic heterocycles. The van der Waals surface area contributed by atoms with Gasteiger partial charge >= 0.3 is 0 Å². The van der Waals surface area contributed by atoms with Gasteiger partial charge in [-0.1, -0.05) is 6.07 Å². The number of nitriles is 1. The van der Waals surface area contributed by atoms with Crippen molar-refractivity contribution in [3.8, 4) is 6.07 Å². The number of aryl methyl sites for hydroxylation is 2. The van der Waals surface area contributed by atoms with E-state index < -0.39 is 0 Å². The zero-order valence-electron chi connectivity index (χ0n) is 6.68. The van der Waals surface area contributed by atoms with E-state index >= 15 is 0 Å². The van der Waals surface area contributed by atoms with Crippen LogP contribution in [-0.4, -0.2) is 0 Å². The maximum absolute atomic E-state index is 8.67. The zero-order chi connectivity index (χ0) is 8.43. The van der Waals surface area contributed by atoms with Crippen molar-refractivity contribution in [2.75, 3.05) is 0 Å². The molecule has 0 aliphatic rings. The molecule has 1 rings (SSSR count). The van der Waals surface area contributed by atoms with E-state index in [1.165, 1.54) is 5.56 Å². The molecule has 11 heavy (non-hydrogen) atoms. The van der Waals surface area contributed by atoms with Crippen LogP contribution in [0.3, 0.4) is 0 Å². The molecule has 0 saturated heterocycles. The fourth-order valence-electron chi connectivity index (χ4n) is 0.989. The molecule has 0 aromatic heterocycles. The summed E-state index contributed by atoms with van der Waals surface area (Å²) in [7, 11) is 2.62. The minimum atomic E-state index is 0.764. The van der Waals surface area contributed by atoms with Gasteiger partial charge < -0.3 is 0 Å². The molecule has 0 aliphatic carbocycles. The van der Waals surface area contributed by atoms with Crippen LogP contribution in [0.2, 0.25) is 0 Å². The Morgan fingerprint density at radius 2 is 1.91 bits per heavy atom. The lowest BCUT2D eigenvalue weighted by Gasteiger charge is -2.02. The first kappa shape index (κ1) is 8.24. The summed E-state index contributed by atoms with van der Waals surface area (Å²) in [5, 5.41) is 9.78. The van der Waals surface area contributed by atoms with E-state index in [-0.39, 0.29) is 0 Å². The molecule has 1 atom stereocenters. The summed E-state index contributed by atoms with van der Waals surface area (Å²) < 4.78 is 0. The van der Waals surface area contributed by atoms with Crippen molar-refractivity contribution in [1.82, 2.24) is 0 Å². The monoisotopic (exact) mass is 163 g/mol. The van der Waals surface area contributed by atoms with Gasteiger partial charge in [0.1, 0.15) is 0 Å². The Bertz CT molecular complexity index is 323. The molecule has 1 unspecified atom stereocenters. The van der Waals surface area contributed by atoms with Crippen molar-refractivity contribution in [2.24, 2.45) is 0 Å². The molecule has 1 aromatic carbocycles. The van der Waals surface area contributed by atoms with Crippen molar-refractivity contribution in [2.45, 2.75) is 13.8 Å². The van der Waals surface area contributed by atoms with E-state index in [9.17, 15) is 0 Å². The molecule has 0 fully saturated rings. The van der Waals surface area contributed by atoms with E-state index in [0.29, 0.717) is 0 Å². The summed E-state index contributed by atoms with van der Waals surface area (Å²) in [6.07, 6.45) is 0. The van der Waals surface area contributed by atoms with Gasteiger partial charge in [0.15, 0.2) is 0 Å². The van der Waals surface area contributed by atoms with Crippen LogP contribution in [0.1, 0.15) is 16.7 Å². The van der Waals surface area contributed by atoms with Crippen LogP contribution in [0, 0.1) is 25.2 Å². The number of nitrogens with zero attached hydrogens (tertiary/aromatic N) is 1. The van der Waals surface area contributed by atoms with Crippen molar-refractivity contribution in [3.05, 3.63) is 28.8 Å². The fourth-order valence-corrected chi connectivity index (χ4v) is 1.24. The SMILES string of the molecule is Cc1cc(C)c(C#N)cc1P. The third-order valence-corrected chi connectivity index (χ3v) is 2.36. The summed E-state index contributed by atoms with van der Waals surface area (Å²) in [4.78, 5) is 0. The lowest BCUT2D eigenvalue weighted by molar-refractivity contribution is 1.36. The zero-order valence-corrected chi connectivity index (χ0v) is 7.83. The first-order valence-electron chi connectivity index (χ1n) is 3.42. The average Bonchev–Trinajstić information content (AvgIpc) is 1.97. The maximum atomic E-state index is 8.67. The third kappa shape index (κ3) is 1.59. The Morgan fingerprint density at radius 3 is 2.45 bits per heavy atom. The fraction of sp³-hybridized carbons (Fsp3) is 0.222. The first-order valence-corrected chi connectivity index (χ1v) is 3.99. The average molecular weight is 163 g/mol. The van der Waals surface area contributed by atoms with Crippen LogP contribution in [0.5, 0.6) is 0 Å². The quantitative estimate of drug-likeness (QED) is 0.534. The summed E-state index contributed by atoms with van der Waals surface area (Å²) in [5.41, 5.74) is 3.03. The van der Waals surface area contributed by atoms with Gasteiger partial charge in [-0.3, -0.25) is 0 Å². The van der Waals surface area contributed by atoms with E-state index in [0.717, 1.165) is 16.4 Å². The number of rotatable bonds is 0. The van der Waals surface area contributed by atoms with Gasteiger partial charge in [-0.2, -0.15) is 5.26 Å². The molecule has 2 heteroatoms. The molecule has 0 saturated carbocycles. The van der Waals surface area contributed by atoms with Crippen LogP contribution >= 0.6 is 9.24 Å². The van der Waals surface area contributed by atoms with Gasteiger partial charge in [-0.15, -0.1) is 9.24 Å². The summed E-state index contributed by atoms with van der Waals surface area (Å²) >= 11 is 0. The van der Waals surface area contributed by atoms with E-state index in [4.69, 9.17) is 5.26 Å². The Labute approximate surface area is 69.2 Å². The largest absolute Gasteiger partial charge is 0.192 e. The highest BCUT2D eigenvalue weighted by atomic mass is 31.0. The van der Waals surface area contributed by atoms with Crippen molar-refractivity contribution < 1.29 is 0 Å². The lowest BCUT2D eigenvalue weighted by Crippen LogP contribution is -1.99. The van der Waals surface area contributed by atoms with E-state index in [1.54, 1.807) is 0 Å². The number of hydrogen-bond donors (Lipinski definition) is 0. The molecule has 56 valence electrons. The number of hydrogen-bond acceptors (Lipinski definition) is 1. The van der Waals surface area contributed by atoms with Crippen molar-refractivity contribution in [1.29, 1.82) is 5.26 Å². The Morgan fingerprint density at radius 1 is 1.27 bits per heavy atom. The van der Waals surface area contributed by atoms with Gasteiger partial charge in [-0.05, 0) is 36.3 Å². The van der Waals surface area contributed by atoms with Gasteiger partial charge in [0.05, 0.1) is 11.6 Å². The predicted octanol–water partition coefficient (Wildman–Crippen LogP) is 1.68. The Balaban J connectivity index is 3.35. The lowest BCUT2D eigenvalue weighted by atomic mass is 10.1. The molecular formula is C9H10NP. The van der Waals surface area contributed by atoms with Gasteiger partial charge in [-0.25, -0.2) is 0 Å². The van der Waals surface area contributed by atoms with Gasteiger partial charge in [0.25, 0.3) is 0 Å². The molecule has 1 nitrogen and oxygen atoms in total. The second-order valence-corrected chi connectivity index (χ2v) is 3.26. The van der Waals surface area contributed by atoms with Crippen LogP contribution in [0.4, 0.5) is 0 Å². The third-order valence-electron chi connectivity index (χ3n) is 1.73. The molecule has 0 spiro atoms.